The zero-order valence-electron chi connectivity index (χ0n) is 17.7. The number of hydrogen-bond donors (Lipinski definition) is 0. The summed E-state index contributed by atoms with van der Waals surface area (Å²) in [6.45, 7) is 0. The molecular weight excluding hydrogens is 444 g/mol. The lowest BCUT2D eigenvalue weighted by molar-refractivity contribution is -0.649. The molecule has 4 aromatic rings. The molecule has 3 aromatic carbocycles. The van der Waals surface area contributed by atoms with Crippen LogP contribution in [0.1, 0.15) is 0 Å². The lowest BCUT2D eigenvalue weighted by Gasteiger charge is -2.09. The standard InChI is InChI=1S/C23H18N4O5S/c1-24-21(15-3-7-18(8-4-15)26(28)29)23(33)25(17-9-11-19(12-10-17)27(30)31)22(24)16-5-13-20(32-2)14-6-16/h3-14H,1-2H3. The number of nitro benzene ring substituents is 2. The fraction of sp³-hybridized carbons (Fsp3) is 0.0870. The van der Waals surface area contributed by atoms with Crippen LogP contribution >= 0.6 is 0 Å². The predicted octanol–water partition coefficient (Wildman–Crippen LogP) is 4.37. The SMILES string of the molecule is COc1ccc(-c2n(-c3ccc([N+](=O)[O-])cc3)c([S-])c(-c3ccc([N+](=O)[O-])cc3)[n+]2C)cc1. The average molecular weight is 462 g/mol. The first-order chi connectivity index (χ1) is 15.8. The Hall–Kier alpha value is -4.31. The molecule has 0 spiro atoms. The van der Waals surface area contributed by atoms with Gasteiger partial charge in [-0.25, -0.2) is 9.13 Å². The third-order valence-corrected chi connectivity index (χ3v) is 5.67. The van der Waals surface area contributed by atoms with Crippen LogP contribution in [0.15, 0.2) is 77.8 Å². The molecule has 1 aromatic heterocycles. The van der Waals surface area contributed by atoms with Gasteiger partial charge in [-0.3, -0.25) is 20.2 Å². The molecule has 0 unspecified atom stereocenters. The Morgan fingerprint density at radius 3 is 1.79 bits per heavy atom. The van der Waals surface area contributed by atoms with E-state index in [9.17, 15) is 20.2 Å². The highest BCUT2D eigenvalue weighted by Gasteiger charge is 2.27. The number of rotatable bonds is 6. The van der Waals surface area contributed by atoms with E-state index in [2.05, 4.69) is 0 Å². The van der Waals surface area contributed by atoms with Gasteiger partial charge >= 0.3 is 0 Å². The summed E-state index contributed by atoms with van der Waals surface area (Å²) < 4.78 is 9.00. The van der Waals surface area contributed by atoms with E-state index in [0.717, 1.165) is 11.4 Å². The maximum absolute atomic E-state index is 11.1. The van der Waals surface area contributed by atoms with Gasteiger partial charge in [0.25, 0.3) is 17.2 Å². The molecule has 0 radical (unpaired) electrons. The number of hydrogen-bond acceptors (Lipinski definition) is 6. The van der Waals surface area contributed by atoms with Crippen LogP contribution in [0.3, 0.4) is 0 Å². The molecule has 0 bridgehead atoms. The van der Waals surface area contributed by atoms with Crippen molar-refractivity contribution in [3.63, 3.8) is 0 Å². The van der Waals surface area contributed by atoms with Gasteiger partial charge in [-0.15, -0.1) is 0 Å². The van der Waals surface area contributed by atoms with Gasteiger partial charge in [0.2, 0.25) is 0 Å². The van der Waals surface area contributed by atoms with Crippen LogP contribution in [0.2, 0.25) is 0 Å². The van der Waals surface area contributed by atoms with Gasteiger partial charge in [0, 0.05) is 34.9 Å². The summed E-state index contributed by atoms with van der Waals surface area (Å²) in [4.78, 5) is 21.2. The van der Waals surface area contributed by atoms with Gasteiger partial charge in [-0.05, 0) is 48.5 Å². The Bertz CT molecular complexity index is 1350. The van der Waals surface area contributed by atoms with Crippen LogP contribution in [0.25, 0.3) is 28.3 Å². The van der Waals surface area contributed by atoms with Gasteiger partial charge in [-0.1, -0.05) is 0 Å². The van der Waals surface area contributed by atoms with Crippen molar-refractivity contribution in [2.24, 2.45) is 7.05 Å². The number of imidazole rings is 1. The summed E-state index contributed by atoms with van der Waals surface area (Å²) in [7, 11) is 3.44. The zero-order chi connectivity index (χ0) is 23.7. The molecule has 1 heterocycles. The van der Waals surface area contributed by atoms with Crippen LogP contribution in [-0.2, 0) is 19.7 Å². The molecule has 0 aliphatic rings. The minimum atomic E-state index is -0.458. The Balaban J connectivity index is 1.95. The smallest absolute Gasteiger partial charge is 0.292 e. The van der Waals surface area contributed by atoms with Crippen molar-refractivity contribution in [2.75, 3.05) is 7.11 Å². The molecule has 0 saturated heterocycles. The van der Waals surface area contributed by atoms with E-state index in [-0.39, 0.29) is 11.4 Å². The number of non-ortho nitro benzene ring substituents is 2. The first kappa shape index (κ1) is 21.9. The highest BCUT2D eigenvalue weighted by atomic mass is 32.1. The highest BCUT2D eigenvalue weighted by Crippen LogP contribution is 2.32. The van der Waals surface area contributed by atoms with Crippen molar-refractivity contribution < 1.29 is 19.2 Å². The monoisotopic (exact) mass is 462 g/mol. The lowest BCUT2D eigenvalue weighted by atomic mass is 10.1. The Morgan fingerprint density at radius 1 is 0.818 bits per heavy atom. The fourth-order valence-corrected chi connectivity index (χ4v) is 4.13. The molecule has 0 aliphatic heterocycles. The minimum Gasteiger partial charge on any atom is -0.733 e. The number of nitro groups is 2. The van der Waals surface area contributed by atoms with E-state index in [0.29, 0.717) is 27.7 Å². The van der Waals surface area contributed by atoms with Gasteiger partial charge in [0.1, 0.15) is 11.4 Å². The molecule has 9 nitrogen and oxygen atoms in total. The summed E-state index contributed by atoms with van der Waals surface area (Å²) in [5, 5.41) is 22.6. The number of nitrogens with zero attached hydrogens (tertiary/aromatic N) is 4. The van der Waals surface area contributed by atoms with Gasteiger partial charge in [0.05, 0.1) is 29.6 Å². The first-order valence-electron chi connectivity index (χ1n) is 9.77. The Morgan fingerprint density at radius 2 is 1.30 bits per heavy atom. The van der Waals surface area contributed by atoms with Crippen molar-refractivity contribution in [2.45, 2.75) is 5.03 Å². The summed E-state index contributed by atoms with van der Waals surface area (Å²) in [6, 6.07) is 19.7. The van der Waals surface area contributed by atoms with Gasteiger partial charge in [-0.2, -0.15) is 0 Å². The number of ether oxygens (including phenoxy) is 1. The molecule has 0 atom stereocenters. The molecule has 0 N–H and O–H groups in total. The van der Waals surface area contributed by atoms with Crippen molar-refractivity contribution >= 4 is 24.0 Å². The summed E-state index contributed by atoms with van der Waals surface area (Å²) in [5.74, 6) is 1.44. The second kappa shape index (κ2) is 8.67. The van der Waals surface area contributed by atoms with Crippen molar-refractivity contribution in [1.82, 2.24) is 4.57 Å². The summed E-state index contributed by atoms with van der Waals surface area (Å²) >= 11 is 5.83. The maximum Gasteiger partial charge on any atom is 0.292 e. The third-order valence-electron chi connectivity index (χ3n) is 5.29. The Kier molecular flexibility index (Phi) is 5.76. The van der Waals surface area contributed by atoms with Crippen LogP contribution in [-0.4, -0.2) is 21.5 Å². The zero-order valence-corrected chi connectivity index (χ0v) is 18.5. The quantitative estimate of drug-likeness (QED) is 0.182. The third kappa shape index (κ3) is 3.99. The number of benzene rings is 3. The molecule has 0 fully saturated rings. The van der Waals surface area contributed by atoms with Crippen LogP contribution in [0, 0.1) is 20.2 Å². The summed E-state index contributed by atoms with van der Waals surface area (Å²) in [6.07, 6.45) is 0. The largest absolute Gasteiger partial charge is 0.733 e. The lowest BCUT2D eigenvalue weighted by Crippen LogP contribution is -2.32. The number of methoxy groups -OCH3 is 1. The highest BCUT2D eigenvalue weighted by molar-refractivity contribution is 7.58. The molecule has 0 amide bonds. The molecule has 0 saturated carbocycles. The Labute approximate surface area is 194 Å². The van der Waals surface area contributed by atoms with Crippen molar-refractivity contribution in [3.8, 4) is 34.1 Å². The molecule has 4 rings (SSSR count). The van der Waals surface area contributed by atoms with Crippen LogP contribution in [0.5, 0.6) is 5.75 Å². The summed E-state index contributed by atoms with van der Waals surface area (Å²) in [5.41, 5.74) is 2.85. The molecule has 0 aliphatic carbocycles. The van der Waals surface area contributed by atoms with E-state index >= 15 is 0 Å². The first-order valence-corrected chi connectivity index (χ1v) is 10.2. The fourth-order valence-electron chi connectivity index (χ4n) is 3.69. The van der Waals surface area contributed by atoms with E-state index in [1.807, 2.05) is 40.4 Å². The normalized spacial score (nSPS) is 10.7. The van der Waals surface area contributed by atoms with Crippen LogP contribution < -0.4 is 9.30 Å². The number of aromatic nitrogens is 2. The van der Waals surface area contributed by atoms with Crippen molar-refractivity contribution in [3.05, 3.63) is 93.0 Å². The van der Waals surface area contributed by atoms with Gasteiger partial charge in [0.15, 0.2) is 5.69 Å². The van der Waals surface area contributed by atoms with E-state index in [1.165, 1.54) is 24.3 Å². The molecule has 10 heteroatoms. The van der Waals surface area contributed by atoms with E-state index in [4.69, 9.17) is 17.4 Å². The molecule has 166 valence electrons. The van der Waals surface area contributed by atoms with E-state index < -0.39 is 9.85 Å². The second-order valence-electron chi connectivity index (χ2n) is 7.18. The topological polar surface area (TPSA) is 104 Å². The van der Waals surface area contributed by atoms with Crippen molar-refractivity contribution in [1.29, 1.82) is 0 Å². The predicted molar refractivity (Wildman–Crippen MR) is 123 cm³/mol. The van der Waals surface area contributed by atoms with Crippen LogP contribution in [0.4, 0.5) is 11.4 Å². The molecular formula is C23H18N4O5S. The molecule has 33 heavy (non-hydrogen) atoms. The van der Waals surface area contributed by atoms with E-state index in [1.54, 1.807) is 31.4 Å². The second-order valence-corrected chi connectivity index (χ2v) is 7.56. The maximum atomic E-state index is 11.1. The average Bonchev–Trinajstić information content (AvgIpc) is 3.09. The minimum absolute atomic E-state index is 0.0162. The van der Waals surface area contributed by atoms with Gasteiger partial charge < -0.3 is 17.4 Å².